The van der Waals surface area contributed by atoms with E-state index in [4.69, 9.17) is 5.10 Å². The Hall–Kier alpha value is -2.71. The summed E-state index contributed by atoms with van der Waals surface area (Å²) in [4.78, 5) is 33.4. The number of nitrogens with zero attached hydrogens (tertiary/aromatic N) is 5. The number of anilines is 1. The summed E-state index contributed by atoms with van der Waals surface area (Å²) in [5.74, 6) is 2.07. The monoisotopic (exact) mass is 598 g/mol. The number of aromatic nitrogens is 2. The van der Waals surface area contributed by atoms with Crippen LogP contribution in [0, 0.1) is 11.8 Å². The Morgan fingerprint density at radius 3 is 2.34 bits per heavy atom. The van der Waals surface area contributed by atoms with Gasteiger partial charge in [-0.15, -0.1) is 0 Å². The Labute approximate surface area is 262 Å². The molecule has 1 N–H and O–H groups in total. The van der Waals surface area contributed by atoms with Gasteiger partial charge in [0.15, 0.2) is 0 Å². The van der Waals surface area contributed by atoms with Gasteiger partial charge in [-0.25, -0.2) is 0 Å². The largest absolute Gasteiger partial charge is 0.343 e. The van der Waals surface area contributed by atoms with Crippen molar-refractivity contribution in [1.82, 2.24) is 24.9 Å². The predicted molar refractivity (Wildman–Crippen MR) is 173 cm³/mol. The molecule has 8 rings (SSSR count). The Kier molecular flexibility index (Phi) is 7.77. The second-order valence-corrected chi connectivity index (χ2v) is 14.8. The first-order valence-corrected chi connectivity index (χ1v) is 17.8. The van der Waals surface area contributed by atoms with Crippen molar-refractivity contribution in [2.24, 2.45) is 11.8 Å². The van der Waals surface area contributed by atoms with E-state index >= 15 is 0 Å². The third-order valence-corrected chi connectivity index (χ3v) is 12.0. The van der Waals surface area contributed by atoms with E-state index in [2.05, 4.69) is 56.1 Å². The number of amides is 2. The van der Waals surface area contributed by atoms with E-state index in [1.54, 1.807) is 0 Å². The SMILES string of the molecule is C[C@H]1CCc2c(ccc(-c3cnn(C4CCN(C(=O)CC5CCN(C6CNC6)CC5)CC4)c3)c2C2CCC2)N1C(=O)C1CC1. The van der Waals surface area contributed by atoms with E-state index in [9.17, 15) is 9.59 Å². The van der Waals surface area contributed by atoms with Crippen molar-refractivity contribution in [1.29, 1.82) is 0 Å². The summed E-state index contributed by atoms with van der Waals surface area (Å²) in [7, 11) is 0. The molecule has 1 aromatic carbocycles. The molecule has 2 aliphatic carbocycles. The number of nitrogens with one attached hydrogen (secondary N) is 1. The van der Waals surface area contributed by atoms with Gasteiger partial charge in [-0.3, -0.25) is 19.2 Å². The maximum absolute atomic E-state index is 13.3. The van der Waals surface area contributed by atoms with Crippen LogP contribution in [0.15, 0.2) is 24.5 Å². The molecule has 236 valence electrons. The van der Waals surface area contributed by atoms with Crippen LogP contribution in [0.1, 0.15) is 101 Å². The molecule has 5 heterocycles. The quantitative estimate of drug-likeness (QED) is 0.478. The van der Waals surface area contributed by atoms with E-state index in [0.29, 0.717) is 29.7 Å². The highest BCUT2D eigenvalue weighted by atomic mass is 16.2. The molecular weight excluding hydrogens is 548 g/mol. The molecular formula is C36H50N6O2. The number of carbonyl (C=O) groups excluding carboxylic acids is 2. The van der Waals surface area contributed by atoms with Gasteiger partial charge in [-0.05, 0) is 119 Å². The molecule has 6 aliphatic rings. The lowest BCUT2D eigenvalue weighted by atomic mass is 9.73. The molecule has 0 unspecified atom stereocenters. The molecule has 5 fully saturated rings. The normalized spacial score (nSPS) is 25.9. The molecule has 2 amide bonds. The summed E-state index contributed by atoms with van der Waals surface area (Å²) in [6.07, 6.45) is 17.3. The van der Waals surface area contributed by atoms with Crippen LogP contribution < -0.4 is 10.2 Å². The minimum atomic E-state index is 0.239. The minimum absolute atomic E-state index is 0.239. The van der Waals surface area contributed by atoms with E-state index in [0.717, 1.165) is 103 Å². The Balaban J connectivity index is 0.930. The van der Waals surface area contributed by atoms with Crippen LogP contribution in [0.2, 0.25) is 0 Å². The number of rotatable bonds is 7. The maximum Gasteiger partial charge on any atom is 0.230 e. The van der Waals surface area contributed by atoms with Crippen LogP contribution in [-0.2, 0) is 16.0 Å². The molecule has 8 nitrogen and oxygen atoms in total. The van der Waals surface area contributed by atoms with Crippen LogP contribution in [0.3, 0.4) is 0 Å². The fourth-order valence-electron chi connectivity index (χ4n) is 8.63. The highest BCUT2D eigenvalue weighted by molar-refractivity contribution is 5.98. The molecule has 1 atom stereocenters. The molecule has 44 heavy (non-hydrogen) atoms. The summed E-state index contributed by atoms with van der Waals surface area (Å²) < 4.78 is 2.18. The van der Waals surface area contributed by atoms with Crippen LogP contribution >= 0.6 is 0 Å². The summed E-state index contributed by atoms with van der Waals surface area (Å²) in [5.41, 5.74) is 6.61. The second kappa shape index (κ2) is 11.9. The highest BCUT2D eigenvalue weighted by Gasteiger charge is 2.40. The van der Waals surface area contributed by atoms with Crippen LogP contribution in [0.4, 0.5) is 5.69 Å². The van der Waals surface area contributed by atoms with Crippen molar-refractivity contribution in [3.63, 3.8) is 0 Å². The third-order valence-electron chi connectivity index (χ3n) is 12.0. The zero-order chi connectivity index (χ0) is 29.8. The van der Waals surface area contributed by atoms with Gasteiger partial charge in [0.2, 0.25) is 11.8 Å². The van der Waals surface area contributed by atoms with Crippen molar-refractivity contribution in [2.75, 3.05) is 44.2 Å². The molecule has 1 aromatic heterocycles. The Morgan fingerprint density at radius 1 is 0.909 bits per heavy atom. The van der Waals surface area contributed by atoms with Gasteiger partial charge in [0.25, 0.3) is 0 Å². The van der Waals surface area contributed by atoms with Gasteiger partial charge < -0.3 is 15.1 Å². The van der Waals surface area contributed by atoms with Crippen LogP contribution in [0.25, 0.3) is 11.1 Å². The van der Waals surface area contributed by atoms with Gasteiger partial charge in [-0.1, -0.05) is 12.5 Å². The summed E-state index contributed by atoms with van der Waals surface area (Å²) in [5, 5.41) is 8.28. The Bertz CT molecular complexity index is 1370. The molecule has 3 saturated heterocycles. The fourth-order valence-corrected chi connectivity index (χ4v) is 8.63. The van der Waals surface area contributed by atoms with Gasteiger partial charge >= 0.3 is 0 Å². The first-order chi connectivity index (χ1) is 21.5. The first-order valence-electron chi connectivity index (χ1n) is 17.8. The number of likely N-dealkylation sites (tertiary alicyclic amines) is 2. The molecule has 2 saturated carbocycles. The molecule has 0 spiro atoms. The van der Waals surface area contributed by atoms with Crippen LogP contribution in [-0.4, -0.2) is 82.7 Å². The third kappa shape index (κ3) is 5.40. The van der Waals surface area contributed by atoms with Crippen LogP contribution in [0.5, 0.6) is 0 Å². The lowest BCUT2D eigenvalue weighted by Crippen LogP contribution is -2.58. The minimum Gasteiger partial charge on any atom is -0.343 e. The topological polar surface area (TPSA) is 73.7 Å². The zero-order valence-corrected chi connectivity index (χ0v) is 26.6. The molecule has 2 aromatic rings. The predicted octanol–water partition coefficient (Wildman–Crippen LogP) is 5.13. The summed E-state index contributed by atoms with van der Waals surface area (Å²) in [6.45, 7) is 8.45. The van der Waals surface area contributed by atoms with E-state index in [1.165, 1.54) is 47.2 Å². The van der Waals surface area contributed by atoms with Gasteiger partial charge in [0, 0.05) is 68.0 Å². The maximum atomic E-state index is 13.3. The van der Waals surface area contributed by atoms with E-state index < -0.39 is 0 Å². The average Bonchev–Trinajstić information content (AvgIpc) is 3.73. The first kappa shape index (κ1) is 28.7. The van der Waals surface area contributed by atoms with Gasteiger partial charge in [-0.2, -0.15) is 5.10 Å². The van der Waals surface area contributed by atoms with Crippen molar-refractivity contribution in [2.45, 2.75) is 108 Å². The number of hydrogen-bond donors (Lipinski definition) is 1. The molecule has 0 radical (unpaired) electrons. The Morgan fingerprint density at radius 2 is 1.68 bits per heavy atom. The van der Waals surface area contributed by atoms with Gasteiger partial charge in [0.1, 0.15) is 0 Å². The average molecular weight is 599 g/mol. The number of hydrogen-bond acceptors (Lipinski definition) is 5. The second-order valence-electron chi connectivity index (χ2n) is 14.8. The number of carbonyl (C=O) groups is 2. The summed E-state index contributed by atoms with van der Waals surface area (Å²) in [6, 6.07) is 5.86. The van der Waals surface area contributed by atoms with Crippen molar-refractivity contribution in [3.8, 4) is 11.1 Å². The number of benzene rings is 1. The van der Waals surface area contributed by atoms with Crippen molar-refractivity contribution >= 4 is 17.5 Å². The lowest BCUT2D eigenvalue weighted by Gasteiger charge is -2.42. The van der Waals surface area contributed by atoms with E-state index in [1.807, 2.05) is 0 Å². The summed E-state index contributed by atoms with van der Waals surface area (Å²) >= 11 is 0. The molecule has 4 aliphatic heterocycles. The van der Waals surface area contributed by atoms with Crippen molar-refractivity contribution < 1.29 is 9.59 Å². The van der Waals surface area contributed by atoms with Gasteiger partial charge in [0.05, 0.1) is 12.2 Å². The zero-order valence-electron chi connectivity index (χ0n) is 26.6. The fraction of sp³-hybridized carbons (Fsp3) is 0.694. The van der Waals surface area contributed by atoms with E-state index in [-0.39, 0.29) is 12.0 Å². The smallest absolute Gasteiger partial charge is 0.230 e. The van der Waals surface area contributed by atoms with Crippen molar-refractivity contribution in [3.05, 3.63) is 35.7 Å². The molecule has 0 bridgehead atoms. The number of piperidine rings is 2. The number of fused-ring (bicyclic) bond motifs is 1. The molecule has 8 heteroatoms. The standard InChI is InChI=1S/C36H50N6O2/c1-24-5-8-32-33(42(24)36(44)27-6-7-27)10-9-31(35(32)26-3-2-4-26)28-20-38-41(23-28)29-13-17-40(18-14-29)34(43)19-25-11-15-39(16-12-25)30-21-37-22-30/h9-10,20,23-27,29-30,37H,2-8,11-19,21-22H2,1H3/t24-/m0/s1. The lowest BCUT2D eigenvalue weighted by molar-refractivity contribution is -0.134. The highest BCUT2D eigenvalue weighted by Crippen LogP contribution is 2.48.